The highest BCUT2D eigenvalue weighted by molar-refractivity contribution is 6.31. The van der Waals surface area contributed by atoms with Gasteiger partial charge in [0.15, 0.2) is 11.5 Å². The minimum Gasteiger partial charge on any atom is -0.493 e. The summed E-state index contributed by atoms with van der Waals surface area (Å²) in [4.78, 5) is 17.0. The molecule has 8 nitrogen and oxygen atoms in total. The molecule has 9 heteroatoms. The third-order valence-electron chi connectivity index (χ3n) is 5.56. The van der Waals surface area contributed by atoms with Crippen LogP contribution in [0.25, 0.3) is 10.9 Å². The number of benzene rings is 2. The minimum absolute atomic E-state index is 0.0768. The summed E-state index contributed by atoms with van der Waals surface area (Å²) in [5.41, 5.74) is 2.97. The van der Waals surface area contributed by atoms with E-state index in [1.807, 2.05) is 12.1 Å². The van der Waals surface area contributed by atoms with E-state index in [-0.39, 0.29) is 12.3 Å². The van der Waals surface area contributed by atoms with Crippen LogP contribution in [0.3, 0.4) is 0 Å². The van der Waals surface area contributed by atoms with Gasteiger partial charge in [-0.05, 0) is 49.7 Å². The number of hydrogen-bond acceptors (Lipinski definition) is 7. The van der Waals surface area contributed by atoms with Gasteiger partial charge in [0.2, 0.25) is 5.91 Å². The van der Waals surface area contributed by atoms with Crippen LogP contribution in [0, 0.1) is 11.3 Å². The normalized spacial score (nSPS) is 15.1. The quantitative estimate of drug-likeness (QED) is 0.485. The molecule has 3 N–H and O–H groups in total. The van der Waals surface area contributed by atoms with Crippen LogP contribution >= 0.6 is 11.6 Å². The standard InChI is InChI=1S/C25H26ClN5O3/c1-33-22-13-21-19-12-23(22)34-9-3-7-28-6-2-8-29-24(32)10-16-4-5-18(26)11-20(16)31-25(19)17(14-27)15-30-21/h4-5,11-13,15,28,31H,2-3,6-10H2,1H3,(H,29,32). The molecule has 0 saturated carbocycles. The number of carbonyl (C=O) groups is 1. The van der Waals surface area contributed by atoms with Gasteiger partial charge in [0.25, 0.3) is 0 Å². The number of nitrogens with zero attached hydrogens (tertiary/aromatic N) is 2. The molecule has 1 aromatic heterocycles. The van der Waals surface area contributed by atoms with Crippen molar-refractivity contribution in [3.63, 3.8) is 0 Å². The second kappa shape index (κ2) is 11.1. The van der Waals surface area contributed by atoms with E-state index in [1.165, 1.54) is 6.20 Å². The number of pyridine rings is 1. The van der Waals surface area contributed by atoms with Crippen molar-refractivity contribution >= 4 is 39.8 Å². The average Bonchev–Trinajstić information content (AvgIpc) is 2.83. The zero-order valence-electron chi connectivity index (χ0n) is 18.9. The topological polar surface area (TPSA) is 108 Å². The molecule has 0 atom stereocenters. The summed E-state index contributed by atoms with van der Waals surface area (Å²) in [6.45, 7) is 2.69. The number of nitriles is 1. The molecule has 34 heavy (non-hydrogen) atoms. The lowest BCUT2D eigenvalue weighted by atomic mass is 10.1. The van der Waals surface area contributed by atoms with Crippen LogP contribution in [-0.4, -0.2) is 44.2 Å². The summed E-state index contributed by atoms with van der Waals surface area (Å²) in [5, 5.41) is 20.7. The van der Waals surface area contributed by atoms with E-state index >= 15 is 0 Å². The second-order valence-electron chi connectivity index (χ2n) is 7.94. The maximum absolute atomic E-state index is 12.6. The monoisotopic (exact) mass is 479 g/mol. The van der Waals surface area contributed by atoms with Gasteiger partial charge in [-0.25, -0.2) is 0 Å². The van der Waals surface area contributed by atoms with Gasteiger partial charge in [-0.2, -0.15) is 5.26 Å². The number of methoxy groups -OCH3 is 1. The lowest BCUT2D eigenvalue weighted by molar-refractivity contribution is -0.120. The maximum Gasteiger partial charge on any atom is 0.224 e. The van der Waals surface area contributed by atoms with E-state index in [9.17, 15) is 10.1 Å². The smallest absolute Gasteiger partial charge is 0.224 e. The van der Waals surface area contributed by atoms with Gasteiger partial charge in [0.05, 0.1) is 36.9 Å². The molecular formula is C25H26ClN5O3. The molecule has 1 aliphatic heterocycles. The molecule has 4 rings (SSSR count). The first-order valence-corrected chi connectivity index (χ1v) is 11.5. The number of halogens is 1. The van der Waals surface area contributed by atoms with Crippen LogP contribution in [0.2, 0.25) is 5.02 Å². The van der Waals surface area contributed by atoms with Crippen molar-refractivity contribution in [3.8, 4) is 17.6 Å². The number of aromatic nitrogens is 1. The zero-order chi connectivity index (χ0) is 23.9. The third kappa shape index (κ3) is 5.50. The van der Waals surface area contributed by atoms with Crippen molar-refractivity contribution in [3.05, 3.63) is 52.7 Å². The number of fused-ring (bicyclic) bond motifs is 2. The summed E-state index contributed by atoms with van der Waals surface area (Å²) in [6, 6.07) is 11.1. The second-order valence-corrected chi connectivity index (χ2v) is 8.37. The van der Waals surface area contributed by atoms with Gasteiger partial charge in [0, 0.05) is 34.9 Å². The first kappa shape index (κ1) is 23.6. The van der Waals surface area contributed by atoms with Crippen molar-refractivity contribution in [2.75, 3.05) is 38.7 Å². The predicted molar refractivity (Wildman–Crippen MR) is 132 cm³/mol. The summed E-state index contributed by atoms with van der Waals surface area (Å²) in [7, 11) is 1.58. The van der Waals surface area contributed by atoms with Gasteiger partial charge >= 0.3 is 0 Å². The lowest BCUT2D eigenvalue weighted by Crippen LogP contribution is -2.29. The van der Waals surface area contributed by atoms with Gasteiger partial charge < -0.3 is 25.4 Å². The van der Waals surface area contributed by atoms with E-state index in [2.05, 4.69) is 27.0 Å². The largest absolute Gasteiger partial charge is 0.493 e. The number of hydrogen-bond donors (Lipinski definition) is 3. The van der Waals surface area contributed by atoms with Gasteiger partial charge in [-0.1, -0.05) is 17.7 Å². The molecule has 2 heterocycles. The minimum atomic E-state index is -0.0768. The molecule has 0 radical (unpaired) electrons. The van der Waals surface area contributed by atoms with E-state index < -0.39 is 0 Å². The number of anilines is 2. The number of nitrogens with one attached hydrogen (secondary N) is 3. The molecule has 0 saturated heterocycles. The number of carbonyl (C=O) groups excluding carboxylic acids is 1. The highest BCUT2D eigenvalue weighted by Crippen LogP contribution is 2.38. The molecule has 0 spiro atoms. The summed E-state index contributed by atoms with van der Waals surface area (Å²) in [6.07, 6.45) is 3.33. The summed E-state index contributed by atoms with van der Waals surface area (Å²) >= 11 is 6.28. The molecule has 2 aromatic carbocycles. The number of amides is 1. The SMILES string of the molecule is COc1cc2ncc(C#N)c3c2cc1OCCCNCCCNC(=O)Cc1ccc(Cl)cc1N3. The molecule has 0 aliphatic carbocycles. The molecule has 3 aromatic rings. The molecular weight excluding hydrogens is 454 g/mol. The fourth-order valence-electron chi connectivity index (χ4n) is 3.83. The van der Waals surface area contributed by atoms with Crippen molar-refractivity contribution in [1.29, 1.82) is 5.26 Å². The molecule has 0 unspecified atom stereocenters. The summed E-state index contributed by atoms with van der Waals surface area (Å²) in [5.74, 6) is 1.06. The zero-order valence-corrected chi connectivity index (χ0v) is 19.7. The summed E-state index contributed by atoms with van der Waals surface area (Å²) < 4.78 is 11.6. The molecule has 2 bridgehead atoms. The van der Waals surface area contributed by atoms with Gasteiger partial charge in [-0.15, -0.1) is 0 Å². The van der Waals surface area contributed by atoms with Crippen LogP contribution in [0.4, 0.5) is 11.4 Å². The Morgan fingerprint density at radius 3 is 2.85 bits per heavy atom. The van der Waals surface area contributed by atoms with Crippen LogP contribution in [-0.2, 0) is 11.2 Å². The van der Waals surface area contributed by atoms with E-state index in [0.29, 0.717) is 57.5 Å². The molecule has 176 valence electrons. The van der Waals surface area contributed by atoms with Gasteiger partial charge in [-0.3, -0.25) is 9.78 Å². The molecule has 1 amide bonds. The average molecular weight is 480 g/mol. The van der Waals surface area contributed by atoms with Crippen LogP contribution in [0.1, 0.15) is 24.0 Å². The Labute approximate surface area is 203 Å². The highest BCUT2D eigenvalue weighted by atomic mass is 35.5. The van der Waals surface area contributed by atoms with Crippen LogP contribution in [0.5, 0.6) is 11.5 Å². The van der Waals surface area contributed by atoms with E-state index in [4.69, 9.17) is 21.1 Å². The number of rotatable bonds is 1. The van der Waals surface area contributed by atoms with Crippen LogP contribution in [0.15, 0.2) is 36.5 Å². The Bertz CT molecular complexity index is 1240. The van der Waals surface area contributed by atoms with E-state index in [0.717, 1.165) is 31.5 Å². The fraction of sp³-hybridized carbons (Fsp3) is 0.320. The Hall–Kier alpha value is -3.54. The fourth-order valence-corrected chi connectivity index (χ4v) is 4.00. The Kier molecular flexibility index (Phi) is 7.68. The number of ether oxygens (including phenoxy) is 2. The van der Waals surface area contributed by atoms with Crippen molar-refractivity contribution < 1.29 is 14.3 Å². The van der Waals surface area contributed by atoms with Crippen molar-refractivity contribution in [2.24, 2.45) is 0 Å². The maximum atomic E-state index is 12.6. The lowest BCUT2D eigenvalue weighted by Gasteiger charge is -2.18. The molecule has 1 aliphatic rings. The van der Waals surface area contributed by atoms with Crippen LogP contribution < -0.4 is 25.4 Å². The van der Waals surface area contributed by atoms with E-state index in [1.54, 1.807) is 25.3 Å². The van der Waals surface area contributed by atoms with Gasteiger partial charge in [0.1, 0.15) is 6.07 Å². The first-order valence-electron chi connectivity index (χ1n) is 11.2. The van der Waals surface area contributed by atoms with Crippen molar-refractivity contribution in [1.82, 2.24) is 15.6 Å². The Morgan fingerprint density at radius 2 is 2.03 bits per heavy atom. The Morgan fingerprint density at radius 1 is 1.18 bits per heavy atom. The van der Waals surface area contributed by atoms with Crippen molar-refractivity contribution in [2.45, 2.75) is 19.3 Å². The molecule has 0 fully saturated rings. The first-order chi connectivity index (χ1) is 16.6. The predicted octanol–water partition coefficient (Wildman–Crippen LogP) is 3.93. The Balaban J connectivity index is 1.83. The third-order valence-corrected chi connectivity index (χ3v) is 5.80. The highest BCUT2D eigenvalue weighted by Gasteiger charge is 2.17.